The Morgan fingerprint density at radius 2 is 1.32 bits per heavy atom. The highest BCUT2D eigenvalue weighted by Crippen LogP contribution is 2.39. The molecule has 0 aromatic heterocycles. The Hall–Kier alpha value is -4.32. The van der Waals surface area contributed by atoms with Gasteiger partial charge in [0.05, 0.1) is 11.1 Å². The lowest BCUT2D eigenvalue weighted by Gasteiger charge is -2.15. The predicted octanol–water partition coefficient (Wildman–Crippen LogP) is 5.59. The molecular formula is C28H22O6. The molecule has 0 saturated heterocycles. The first kappa shape index (κ1) is 21.5. The molecule has 0 amide bonds. The van der Waals surface area contributed by atoms with E-state index in [2.05, 4.69) is 0 Å². The van der Waals surface area contributed by atoms with E-state index in [-0.39, 0.29) is 20.0 Å². The number of carbonyl (C=O) groups is 2. The molecule has 1 aliphatic heterocycles. The van der Waals surface area contributed by atoms with Crippen LogP contribution in [0.1, 0.15) is 37.4 Å². The predicted molar refractivity (Wildman–Crippen MR) is 126 cm³/mol. The fourth-order valence-electron chi connectivity index (χ4n) is 3.97. The van der Waals surface area contributed by atoms with Crippen LogP contribution in [-0.4, -0.2) is 18.7 Å². The fourth-order valence-corrected chi connectivity index (χ4v) is 3.97. The zero-order chi connectivity index (χ0) is 23.5. The van der Waals surface area contributed by atoms with E-state index in [1.165, 1.54) is 0 Å². The maximum atomic E-state index is 13.3. The van der Waals surface area contributed by atoms with Crippen LogP contribution < -0.4 is 9.47 Å². The number of hydrogen-bond acceptors (Lipinski definition) is 6. The zero-order valence-electron chi connectivity index (χ0n) is 18.6. The van der Waals surface area contributed by atoms with Crippen molar-refractivity contribution in [2.75, 3.05) is 6.79 Å². The third-order valence-electron chi connectivity index (χ3n) is 5.74. The number of hydrogen-bond donors (Lipinski definition) is 0. The second-order valence-electron chi connectivity index (χ2n) is 7.97. The van der Waals surface area contributed by atoms with Crippen LogP contribution in [0, 0.1) is 6.92 Å². The molecule has 34 heavy (non-hydrogen) atoms. The van der Waals surface area contributed by atoms with Gasteiger partial charge in [-0.05, 0) is 47.2 Å². The van der Waals surface area contributed by atoms with Crippen LogP contribution in [0.25, 0.3) is 10.8 Å². The Morgan fingerprint density at radius 3 is 1.94 bits per heavy atom. The van der Waals surface area contributed by atoms with E-state index in [0.717, 1.165) is 11.1 Å². The molecule has 0 N–H and O–H groups in total. The van der Waals surface area contributed by atoms with Crippen molar-refractivity contribution >= 4 is 22.7 Å². The molecule has 0 atom stereocenters. The summed E-state index contributed by atoms with van der Waals surface area (Å²) < 4.78 is 22.2. The van der Waals surface area contributed by atoms with E-state index in [9.17, 15) is 9.59 Å². The fraction of sp³-hybridized carbons (Fsp3) is 0.143. The molecule has 0 spiro atoms. The average molecular weight is 454 g/mol. The lowest BCUT2D eigenvalue weighted by molar-refractivity contribution is 0.0470. The molecule has 170 valence electrons. The molecule has 0 bridgehead atoms. The summed E-state index contributed by atoms with van der Waals surface area (Å²) in [5, 5.41) is 1.28. The third-order valence-corrected chi connectivity index (χ3v) is 5.74. The standard InChI is InChI=1S/C28H22O6/c1-18-22(27(29)31-15-19-8-4-2-5-9-19)12-21-13-24-25(34-17-33-24)14-23(21)26(18)28(30)32-16-20-10-6-3-7-11-20/h2-14H,15-17H2,1H3. The van der Waals surface area contributed by atoms with Crippen molar-refractivity contribution in [3.63, 3.8) is 0 Å². The summed E-state index contributed by atoms with van der Waals surface area (Å²) in [6, 6.07) is 24.1. The molecule has 0 aliphatic carbocycles. The molecule has 1 aliphatic rings. The van der Waals surface area contributed by atoms with E-state index in [4.69, 9.17) is 18.9 Å². The first-order valence-electron chi connectivity index (χ1n) is 10.9. The Morgan fingerprint density at radius 1 is 0.765 bits per heavy atom. The van der Waals surface area contributed by atoms with Crippen LogP contribution in [0.15, 0.2) is 78.9 Å². The van der Waals surface area contributed by atoms with E-state index in [1.54, 1.807) is 25.1 Å². The Kier molecular flexibility index (Phi) is 5.87. The quantitative estimate of drug-likeness (QED) is 0.354. The highest BCUT2D eigenvalue weighted by Gasteiger charge is 2.25. The minimum Gasteiger partial charge on any atom is -0.457 e. The zero-order valence-corrected chi connectivity index (χ0v) is 18.6. The van der Waals surface area contributed by atoms with Gasteiger partial charge < -0.3 is 18.9 Å². The SMILES string of the molecule is Cc1c(C(=O)OCc2ccccc2)cc2cc3c(cc2c1C(=O)OCc1ccccc1)OCO3. The van der Waals surface area contributed by atoms with Gasteiger partial charge >= 0.3 is 11.9 Å². The summed E-state index contributed by atoms with van der Waals surface area (Å²) >= 11 is 0. The molecule has 0 unspecified atom stereocenters. The Balaban J connectivity index is 1.51. The molecule has 0 saturated carbocycles. The molecule has 5 rings (SSSR count). The van der Waals surface area contributed by atoms with Gasteiger partial charge in [-0.25, -0.2) is 9.59 Å². The topological polar surface area (TPSA) is 71.1 Å². The van der Waals surface area contributed by atoms with Gasteiger partial charge in [-0.2, -0.15) is 0 Å². The molecule has 1 heterocycles. The van der Waals surface area contributed by atoms with Crippen LogP contribution in [0.3, 0.4) is 0 Å². The van der Waals surface area contributed by atoms with Gasteiger partial charge in [-0.3, -0.25) is 0 Å². The maximum absolute atomic E-state index is 13.3. The van der Waals surface area contributed by atoms with E-state index in [1.807, 2.05) is 60.7 Å². The van der Waals surface area contributed by atoms with Crippen molar-refractivity contribution in [2.24, 2.45) is 0 Å². The Labute approximate surface area is 196 Å². The number of carbonyl (C=O) groups excluding carboxylic acids is 2. The van der Waals surface area contributed by atoms with Crippen molar-refractivity contribution in [1.82, 2.24) is 0 Å². The van der Waals surface area contributed by atoms with Gasteiger partial charge in [-0.1, -0.05) is 60.7 Å². The first-order valence-corrected chi connectivity index (χ1v) is 10.9. The summed E-state index contributed by atoms with van der Waals surface area (Å²) in [4.78, 5) is 26.3. The normalized spacial score (nSPS) is 11.9. The number of rotatable bonds is 6. The maximum Gasteiger partial charge on any atom is 0.339 e. The molecule has 6 nitrogen and oxygen atoms in total. The second-order valence-corrected chi connectivity index (χ2v) is 7.97. The number of esters is 2. The average Bonchev–Trinajstić information content (AvgIpc) is 3.33. The highest BCUT2D eigenvalue weighted by atomic mass is 16.7. The molecule has 0 fully saturated rings. The van der Waals surface area contributed by atoms with Crippen LogP contribution >= 0.6 is 0 Å². The Bertz CT molecular complexity index is 1360. The van der Waals surface area contributed by atoms with Gasteiger partial charge in [0.25, 0.3) is 0 Å². The van der Waals surface area contributed by atoms with Crippen molar-refractivity contribution < 1.29 is 28.5 Å². The summed E-state index contributed by atoms with van der Waals surface area (Å²) in [5.41, 5.74) is 2.84. The monoisotopic (exact) mass is 454 g/mol. The smallest absolute Gasteiger partial charge is 0.339 e. The summed E-state index contributed by atoms with van der Waals surface area (Å²) in [6.07, 6.45) is 0. The molecule has 4 aromatic rings. The summed E-state index contributed by atoms with van der Waals surface area (Å²) in [7, 11) is 0. The molecular weight excluding hydrogens is 432 g/mol. The van der Waals surface area contributed by atoms with Gasteiger partial charge in [0.2, 0.25) is 6.79 Å². The minimum absolute atomic E-state index is 0.102. The van der Waals surface area contributed by atoms with Crippen molar-refractivity contribution in [2.45, 2.75) is 20.1 Å². The van der Waals surface area contributed by atoms with E-state index >= 15 is 0 Å². The van der Waals surface area contributed by atoms with Gasteiger partial charge in [0.1, 0.15) is 13.2 Å². The van der Waals surface area contributed by atoms with Crippen molar-refractivity contribution in [3.8, 4) is 11.5 Å². The number of ether oxygens (including phenoxy) is 4. The van der Waals surface area contributed by atoms with Gasteiger partial charge in [-0.15, -0.1) is 0 Å². The van der Waals surface area contributed by atoms with E-state index in [0.29, 0.717) is 39.0 Å². The number of fused-ring (bicyclic) bond motifs is 2. The molecule has 4 aromatic carbocycles. The minimum atomic E-state index is -0.525. The largest absolute Gasteiger partial charge is 0.457 e. The van der Waals surface area contributed by atoms with Crippen LogP contribution in [0.2, 0.25) is 0 Å². The lowest BCUT2D eigenvalue weighted by atomic mass is 9.94. The van der Waals surface area contributed by atoms with Crippen molar-refractivity contribution in [1.29, 1.82) is 0 Å². The summed E-state index contributed by atoms with van der Waals surface area (Å²) in [5.74, 6) is 0.0629. The van der Waals surface area contributed by atoms with Gasteiger partial charge in [0, 0.05) is 5.39 Å². The molecule has 0 radical (unpaired) electrons. The van der Waals surface area contributed by atoms with Crippen LogP contribution in [0.4, 0.5) is 0 Å². The first-order chi connectivity index (χ1) is 16.6. The van der Waals surface area contributed by atoms with Crippen molar-refractivity contribution in [3.05, 3.63) is 107 Å². The summed E-state index contributed by atoms with van der Waals surface area (Å²) in [6.45, 7) is 2.08. The highest BCUT2D eigenvalue weighted by molar-refractivity contribution is 6.10. The van der Waals surface area contributed by atoms with Gasteiger partial charge in [0.15, 0.2) is 11.5 Å². The second kappa shape index (κ2) is 9.27. The lowest BCUT2D eigenvalue weighted by Crippen LogP contribution is -2.13. The number of benzene rings is 4. The van der Waals surface area contributed by atoms with E-state index < -0.39 is 11.9 Å². The third kappa shape index (κ3) is 4.30. The van der Waals surface area contributed by atoms with Crippen LogP contribution in [-0.2, 0) is 22.7 Å². The molecule has 6 heteroatoms. The van der Waals surface area contributed by atoms with Crippen LogP contribution in [0.5, 0.6) is 11.5 Å².